The average molecular weight is 446 g/mol. The van der Waals surface area contributed by atoms with Crippen LogP contribution >= 0.6 is 0 Å². The Labute approximate surface area is 190 Å². The van der Waals surface area contributed by atoms with Gasteiger partial charge in [-0.2, -0.15) is 0 Å². The summed E-state index contributed by atoms with van der Waals surface area (Å²) in [6.45, 7) is 0.828. The molecule has 1 heterocycles. The molecule has 1 N–H and O–H groups in total. The summed E-state index contributed by atoms with van der Waals surface area (Å²) in [7, 11) is 0. The van der Waals surface area contributed by atoms with Crippen molar-refractivity contribution in [2.75, 3.05) is 18.0 Å². The van der Waals surface area contributed by atoms with Crippen molar-refractivity contribution in [3.63, 3.8) is 0 Å². The number of carboxylic acids is 1. The standard InChI is InChI=1S/C25H22N2O6/c28-24(17-4-2-1-3-5-17)18-6-8-20(9-7-18)33-21-10-11-22(27(31)32)23(16-21)26-14-12-19(13-15-26)25(29)30/h1-11,16,19H,12-15H2,(H,29,30). The molecule has 1 aliphatic heterocycles. The van der Waals surface area contributed by atoms with Gasteiger partial charge in [-0.1, -0.05) is 30.3 Å². The lowest BCUT2D eigenvalue weighted by atomic mass is 9.96. The van der Waals surface area contributed by atoms with Crippen LogP contribution in [0.4, 0.5) is 11.4 Å². The van der Waals surface area contributed by atoms with Crippen molar-refractivity contribution in [2.24, 2.45) is 5.92 Å². The maximum atomic E-state index is 12.6. The van der Waals surface area contributed by atoms with E-state index in [1.54, 1.807) is 54.6 Å². The molecule has 1 saturated heterocycles. The number of nitro groups is 1. The van der Waals surface area contributed by atoms with Crippen LogP contribution in [0.2, 0.25) is 0 Å². The Hall–Kier alpha value is -4.20. The molecule has 8 heteroatoms. The van der Waals surface area contributed by atoms with E-state index in [4.69, 9.17) is 4.74 Å². The Morgan fingerprint density at radius 3 is 2.12 bits per heavy atom. The molecule has 33 heavy (non-hydrogen) atoms. The number of carboxylic acid groups (broad SMARTS) is 1. The summed E-state index contributed by atoms with van der Waals surface area (Å²) in [5, 5.41) is 20.7. The molecule has 1 aliphatic rings. The van der Waals surface area contributed by atoms with Crippen LogP contribution in [0.5, 0.6) is 11.5 Å². The Morgan fingerprint density at radius 1 is 0.909 bits per heavy atom. The number of piperidine rings is 1. The molecule has 4 rings (SSSR count). The van der Waals surface area contributed by atoms with Crippen LogP contribution in [0.1, 0.15) is 28.8 Å². The van der Waals surface area contributed by atoms with Gasteiger partial charge in [-0.25, -0.2) is 0 Å². The minimum absolute atomic E-state index is 0.0556. The first-order chi connectivity index (χ1) is 15.9. The van der Waals surface area contributed by atoms with Crippen LogP contribution in [-0.4, -0.2) is 34.9 Å². The van der Waals surface area contributed by atoms with E-state index in [9.17, 15) is 24.8 Å². The largest absolute Gasteiger partial charge is 0.481 e. The first-order valence-corrected chi connectivity index (χ1v) is 10.6. The number of ether oxygens (including phenoxy) is 1. The molecule has 3 aromatic rings. The van der Waals surface area contributed by atoms with Gasteiger partial charge in [0.25, 0.3) is 5.69 Å². The minimum atomic E-state index is -0.838. The van der Waals surface area contributed by atoms with Gasteiger partial charge in [0.2, 0.25) is 0 Å². The fourth-order valence-electron chi connectivity index (χ4n) is 3.91. The number of hydrogen-bond acceptors (Lipinski definition) is 6. The number of nitro benzene ring substituents is 1. The molecule has 168 valence electrons. The predicted octanol–water partition coefficient (Wildman–Crippen LogP) is 4.92. The van der Waals surface area contributed by atoms with Crippen molar-refractivity contribution < 1.29 is 24.4 Å². The van der Waals surface area contributed by atoms with Gasteiger partial charge in [-0.3, -0.25) is 19.7 Å². The molecule has 3 aromatic carbocycles. The summed E-state index contributed by atoms with van der Waals surface area (Å²) in [6.07, 6.45) is 0.850. The van der Waals surface area contributed by atoms with Crippen molar-refractivity contribution in [1.82, 2.24) is 0 Å². The molecule has 0 aliphatic carbocycles. The van der Waals surface area contributed by atoms with Crippen molar-refractivity contribution in [1.29, 1.82) is 0 Å². The lowest BCUT2D eigenvalue weighted by molar-refractivity contribution is -0.384. The molecule has 0 atom stereocenters. The smallest absolute Gasteiger partial charge is 0.306 e. The zero-order valence-electron chi connectivity index (χ0n) is 17.7. The summed E-state index contributed by atoms with van der Waals surface area (Å²) in [4.78, 5) is 36.7. The molecule has 0 saturated carbocycles. The van der Waals surface area contributed by atoms with E-state index in [-0.39, 0.29) is 11.5 Å². The normalized spacial score (nSPS) is 14.0. The number of carbonyl (C=O) groups is 2. The van der Waals surface area contributed by atoms with E-state index >= 15 is 0 Å². The van der Waals surface area contributed by atoms with E-state index in [1.807, 2.05) is 11.0 Å². The molecule has 0 bridgehead atoms. The van der Waals surface area contributed by atoms with Crippen LogP contribution in [0.3, 0.4) is 0 Å². The van der Waals surface area contributed by atoms with Gasteiger partial charge in [0.05, 0.1) is 10.8 Å². The van der Waals surface area contributed by atoms with Crippen molar-refractivity contribution in [2.45, 2.75) is 12.8 Å². The fraction of sp³-hybridized carbons (Fsp3) is 0.200. The summed E-state index contributed by atoms with van der Waals surface area (Å²) in [5.74, 6) is -0.459. The van der Waals surface area contributed by atoms with Crippen molar-refractivity contribution >= 4 is 23.1 Å². The zero-order chi connectivity index (χ0) is 23.4. The number of nitrogens with zero attached hydrogens (tertiary/aromatic N) is 2. The van der Waals surface area contributed by atoms with E-state index in [1.165, 1.54) is 12.1 Å². The molecule has 0 unspecified atom stereocenters. The lowest BCUT2D eigenvalue weighted by Crippen LogP contribution is -2.36. The third-order valence-corrected chi connectivity index (χ3v) is 5.72. The summed E-state index contributed by atoms with van der Waals surface area (Å²) in [6, 6.07) is 20.2. The van der Waals surface area contributed by atoms with Gasteiger partial charge in [-0.15, -0.1) is 0 Å². The van der Waals surface area contributed by atoms with Crippen LogP contribution in [0.25, 0.3) is 0 Å². The van der Waals surface area contributed by atoms with Crippen molar-refractivity contribution in [3.05, 3.63) is 94.0 Å². The highest BCUT2D eigenvalue weighted by Gasteiger charge is 2.28. The Bertz CT molecular complexity index is 1170. The van der Waals surface area contributed by atoms with Crippen LogP contribution in [0, 0.1) is 16.0 Å². The topological polar surface area (TPSA) is 110 Å². The lowest BCUT2D eigenvalue weighted by Gasteiger charge is -2.31. The van der Waals surface area contributed by atoms with Crippen LogP contribution < -0.4 is 9.64 Å². The molecule has 0 radical (unpaired) electrons. The van der Waals surface area contributed by atoms with Gasteiger partial charge in [0.15, 0.2) is 5.78 Å². The molecular weight excluding hydrogens is 424 g/mol. The maximum absolute atomic E-state index is 12.6. The highest BCUT2D eigenvalue weighted by molar-refractivity contribution is 6.09. The average Bonchev–Trinajstić information content (AvgIpc) is 2.84. The second-order valence-corrected chi connectivity index (χ2v) is 7.83. The Morgan fingerprint density at radius 2 is 1.52 bits per heavy atom. The van der Waals surface area contributed by atoms with Gasteiger partial charge in [-0.05, 0) is 43.2 Å². The number of aliphatic carboxylic acids is 1. The third kappa shape index (κ3) is 5.01. The number of rotatable bonds is 7. The highest BCUT2D eigenvalue weighted by Crippen LogP contribution is 2.36. The van der Waals surface area contributed by atoms with Crippen LogP contribution in [0.15, 0.2) is 72.8 Å². The first kappa shape index (κ1) is 22.0. The zero-order valence-corrected chi connectivity index (χ0v) is 17.7. The number of ketones is 1. The number of hydrogen-bond donors (Lipinski definition) is 1. The second-order valence-electron chi connectivity index (χ2n) is 7.83. The van der Waals surface area contributed by atoms with E-state index < -0.39 is 16.8 Å². The molecule has 0 aromatic heterocycles. The monoisotopic (exact) mass is 446 g/mol. The van der Waals surface area contributed by atoms with Crippen LogP contribution in [-0.2, 0) is 4.79 Å². The molecule has 0 amide bonds. The summed E-state index contributed by atoms with van der Waals surface area (Å²) in [5.41, 5.74) is 1.47. The summed E-state index contributed by atoms with van der Waals surface area (Å²) >= 11 is 0. The Balaban J connectivity index is 1.51. The van der Waals surface area contributed by atoms with E-state index in [2.05, 4.69) is 0 Å². The molecule has 8 nitrogen and oxygen atoms in total. The molecular formula is C25H22N2O6. The van der Waals surface area contributed by atoms with E-state index in [0.29, 0.717) is 54.2 Å². The molecule has 0 spiro atoms. The third-order valence-electron chi connectivity index (χ3n) is 5.72. The minimum Gasteiger partial charge on any atom is -0.481 e. The van der Waals surface area contributed by atoms with Gasteiger partial charge >= 0.3 is 5.97 Å². The first-order valence-electron chi connectivity index (χ1n) is 10.6. The number of benzene rings is 3. The predicted molar refractivity (Wildman–Crippen MR) is 122 cm³/mol. The maximum Gasteiger partial charge on any atom is 0.306 e. The van der Waals surface area contributed by atoms with Crippen molar-refractivity contribution in [3.8, 4) is 11.5 Å². The fourth-order valence-corrected chi connectivity index (χ4v) is 3.91. The second kappa shape index (κ2) is 9.52. The Kier molecular flexibility index (Phi) is 6.35. The van der Waals surface area contributed by atoms with Gasteiger partial charge in [0, 0.05) is 36.3 Å². The number of carbonyl (C=O) groups excluding carboxylic acids is 1. The van der Waals surface area contributed by atoms with Gasteiger partial charge in [0.1, 0.15) is 17.2 Å². The highest BCUT2D eigenvalue weighted by atomic mass is 16.6. The van der Waals surface area contributed by atoms with Gasteiger partial charge < -0.3 is 14.7 Å². The molecule has 1 fully saturated rings. The quantitative estimate of drug-likeness (QED) is 0.312. The summed E-state index contributed by atoms with van der Waals surface area (Å²) < 4.78 is 5.89. The SMILES string of the molecule is O=C(c1ccccc1)c1ccc(Oc2ccc([N+](=O)[O-])c(N3CCC(C(=O)O)CC3)c2)cc1. The van der Waals surface area contributed by atoms with E-state index in [0.717, 1.165) is 0 Å². The number of anilines is 1.